The number of nitrogens with zero attached hydrogens (tertiary/aromatic N) is 2. The Hall–Kier alpha value is -2.82. The first kappa shape index (κ1) is 13.2. The van der Waals surface area contributed by atoms with Gasteiger partial charge in [0.15, 0.2) is 0 Å². The largest absolute Gasteiger partial charge is 0.497 e. The Morgan fingerprint density at radius 3 is 2.81 bits per heavy atom. The molecule has 2 heterocycles. The van der Waals surface area contributed by atoms with E-state index in [1.54, 1.807) is 42.1 Å². The van der Waals surface area contributed by atoms with E-state index >= 15 is 0 Å². The minimum Gasteiger partial charge on any atom is -0.497 e. The summed E-state index contributed by atoms with van der Waals surface area (Å²) in [7, 11) is 1.60. The smallest absolute Gasteiger partial charge is 0.251 e. The monoisotopic (exact) mass is 281 g/mol. The summed E-state index contributed by atoms with van der Waals surface area (Å²) in [4.78, 5) is 12.1. The molecule has 0 unspecified atom stereocenters. The summed E-state index contributed by atoms with van der Waals surface area (Å²) in [6.45, 7) is 0.443. The van der Waals surface area contributed by atoms with Gasteiger partial charge in [-0.1, -0.05) is 6.07 Å². The maximum absolute atomic E-state index is 12.1. The zero-order valence-electron chi connectivity index (χ0n) is 11.6. The van der Waals surface area contributed by atoms with Crippen LogP contribution in [0.2, 0.25) is 0 Å². The lowest BCUT2D eigenvalue weighted by Crippen LogP contribution is -2.22. The summed E-state index contributed by atoms with van der Waals surface area (Å²) < 4.78 is 6.86. The average molecular weight is 281 g/mol. The molecule has 2 aromatic heterocycles. The molecule has 1 N–H and O–H groups in total. The first-order chi connectivity index (χ1) is 10.3. The summed E-state index contributed by atoms with van der Waals surface area (Å²) in [5.74, 6) is 0.613. The molecule has 21 heavy (non-hydrogen) atoms. The van der Waals surface area contributed by atoms with Gasteiger partial charge < -0.3 is 10.1 Å². The second-order valence-corrected chi connectivity index (χ2v) is 4.61. The van der Waals surface area contributed by atoms with Crippen molar-refractivity contribution in [2.45, 2.75) is 6.54 Å². The maximum Gasteiger partial charge on any atom is 0.251 e. The van der Waals surface area contributed by atoms with E-state index in [2.05, 4.69) is 10.4 Å². The number of hydrogen-bond donors (Lipinski definition) is 1. The molecule has 0 fully saturated rings. The van der Waals surface area contributed by atoms with E-state index in [1.165, 1.54) is 0 Å². The van der Waals surface area contributed by atoms with Crippen molar-refractivity contribution in [3.63, 3.8) is 0 Å². The quantitative estimate of drug-likeness (QED) is 0.798. The molecule has 3 rings (SSSR count). The fraction of sp³-hybridized carbons (Fsp3) is 0.125. The first-order valence-corrected chi connectivity index (χ1v) is 6.61. The molecular formula is C16H15N3O2. The number of rotatable bonds is 4. The van der Waals surface area contributed by atoms with Crippen molar-refractivity contribution in [2.75, 3.05) is 7.11 Å². The number of aromatic nitrogens is 2. The summed E-state index contributed by atoms with van der Waals surface area (Å²) in [6, 6.07) is 12.9. The maximum atomic E-state index is 12.1. The normalized spacial score (nSPS) is 10.5. The highest BCUT2D eigenvalue weighted by Gasteiger charge is 2.08. The molecule has 0 aliphatic rings. The third kappa shape index (κ3) is 2.72. The van der Waals surface area contributed by atoms with E-state index in [-0.39, 0.29) is 5.91 Å². The lowest BCUT2D eigenvalue weighted by Gasteiger charge is -2.05. The standard InChI is InChI=1S/C16H15N3O2/c1-21-14-7-5-12(6-8-14)16(20)17-10-13-11-18-19-9-3-2-4-15(13)19/h2-9,11H,10H2,1H3,(H,17,20). The number of nitrogens with one attached hydrogen (secondary N) is 1. The van der Waals surface area contributed by atoms with Gasteiger partial charge in [-0.25, -0.2) is 4.52 Å². The van der Waals surface area contributed by atoms with Crippen molar-refractivity contribution < 1.29 is 9.53 Å². The number of hydrogen-bond acceptors (Lipinski definition) is 3. The van der Waals surface area contributed by atoms with E-state index in [4.69, 9.17) is 4.74 Å². The van der Waals surface area contributed by atoms with Crippen LogP contribution in [0.25, 0.3) is 5.52 Å². The molecular weight excluding hydrogens is 266 g/mol. The molecule has 5 nitrogen and oxygen atoms in total. The van der Waals surface area contributed by atoms with Crippen LogP contribution in [0.5, 0.6) is 5.75 Å². The van der Waals surface area contributed by atoms with Gasteiger partial charge in [0.2, 0.25) is 0 Å². The van der Waals surface area contributed by atoms with E-state index in [0.29, 0.717) is 12.1 Å². The summed E-state index contributed by atoms with van der Waals surface area (Å²) in [5, 5.41) is 7.14. The molecule has 5 heteroatoms. The van der Waals surface area contributed by atoms with Gasteiger partial charge in [0.25, 0.3) is 5.91 Å². The van der Waals surface area contributed by atoms with Crippen LogP contribution in [-0.2, 0) is 6.54 Å². The van der Waals surface area contributed by atoms with Crippen molar-refractivity contribution in [3.05, 3.63) is 66.0 Å². The highest BCUT2D eigenvalue weighted by atomic mass is 16.5. The number of ether oxygens (including phenoxy) is 1. The van der Waals surface area contributed by atoms with Crippen LogP contribution in [0.4, 0.5) is 0 Å². The van der Waals surface area contributed by atoms with Crippen molar-refractivity contribution >= 4 is 11.4 Å². The van der Waals surface area contributed by atoms with Crippen LogP contribution in [0.3, 0.4) is 0 Å². The average Bonchev–Trinajstić information content (AvgIpc) is 2.96. The zero-order chi connectivity index (χ0) is 14.7. The number of carbonyl (C=O) groups is 1. The second-order valence-electron chi connectivity index (χ2n) is 4.61. The van der Waals surface area contributed by atoms with Gasteiger partial charge in [-0.15, -0.1) is 0 Å². The van der Waals surface area contributed by atoms with E-state index in [0.717, 1.165) is 16.8 Å². The van der Waals surface area contributed by atoms with Gasteiger partial charge in [-0.3, -0.25) is 4.79 Å². The van der Waals surface area contributed by atoms with Gasteiger partial charge in [-0.2, -0.15) is 5.10 Å². The predicted molar refractivity (Wildman–Crippen MR) is 79.4 cm³/mol. The summed E-state index contributed by atoms with van der Waals surface area (Å²) in [5.41, 5.74) is 2.58. The van der Waals surface area contributed by atoms with Gasteiger partial charge in [0, 0.05) is 23.9 Å². The molecule has 0 saturated heterocycles. The number of pyridine rings is 1. The number of carbonyl (C=O) groups excluding carboxylic acids is 1. The number of amides is 1. The molecule has 0 aliphatic heterocycles. The molecule has 0 aliphatic carbocycles. The van der Waals surface area contributed by atoms with Crippen molar-refractivity contribution in [2.24, 2.45) is 0 Å². The van der Waals surface area contributed by atoms with Crippen LogP contribution in [0.1, 0.15) is 15.9 Å². The van der Waals surface area contributed by atoms with Crippen molar-refractivity contribution in [3.8, 4) is 5.75 Å². The topological polar surface area (TPSA) is 55.6 Å². The Balaban J connectivity index is 1.70. The third-order valence-electron chi connectivity index (χ3n) is 3.30. The molecule has 3 aromatic rings. The lowest BCUT2D eigenvalue weighted by atomic mass is 10.2. The molecule has 0 bridgehead atoms. The molecule has 106 valence electrons. The molecule has 0 radical (unpaired) electrons. The Labute approximate surface area is 122 Å². The van der Waals surface area contributed by atoms with E-state index < -0.39 is 0 Å². The highest BCUT2D eigenvalue weighted by molar-refractivity contribution is 5.94. The van der Waals surface area contributed by atoms with E-state index in [1.807, 2.05) is 24.4 Å². The van der Waals surface area contributed by atoms with Crippen LogP contribution in [-0.4, -0.2) is 22.6 Å². The molecule has 1 amide bonds. The fourth-order valence-corrected chi connectivity index (χ4v) is 2.14. The van der Waals surface area contributed by atoms with Crippen molar-refractivity contribution in [1.29, 1.82) is 0 Å². The third-order valence-corrected chi connectivity index (χ3v) is 3.30. The molecule has 0 spiro atoms. The summed E-state index contributed by atoms with van der Waals surface area (Å²) in [6.07, 6.45) is 3.65. The Kier molecular flexibility index (Phi) is 3.55. The van der Waals surface area contributed by atoms with Crippen LogP contribution >= 0.6 is 0 Å². The summed E-state index contributed by atoms with van der Waals surface area (Å²) >= 11 is 0. The Bertz CT molecular complexity index is 763. The molecule has 0 atom stereocenters. The Morgan fingerprint density at radius 1 is 1.24 bits per heavy atom. The SMILES string of the molecule is COc1ccc(C(=O)NCc2cnn3ccccc23)cc1. The van der Waals surface area contributed by atoms with E-state index in [9.17, 15) is 4.79 Å². The minimum absolute atomic E-state index is 0.118. The van der Waals surface area contributed by atoms with Crippen LogP contribution < -0.4 is 10.1 Å². The highest BCUT2D eigenvalue weighted by Crippen LogP contribution is 2.12. The van der Waals surface area contributed by atoms with Crippen molar-refractivity contribution in [1.82, 2.24) is 14.9 Å². The molecule has 0 saturated carbocycles. The van der Waals surface area contributed by atoms with Gasteiger partial charge in [0.1, 0.15) is 5.75 Å². The second kappa shape index (κ2) is 5.66. The number of benzene rings is 1. The zero-order valence-corrected chi connectivity index (χ0v) is 11.6. The van der Waals surface area contributed by atoms with Gasteiger partial charge in [-0.05, 0) is 36.4 Å². The van der Waals surface area contributed by atoms with Crippen LogP contribution in [0.15, 0.2) is 54.9 Å². The lowest BCUT2D eigenvalue weighted by molar-refractivity contribution is 0.0951. The number of fused-ring (bicyclic) bond motifs is 1. The van der Waals surface area contributed by atoms with Gasteiger partial charge >= 0.3 is 0 Å². The van der Waals surface area contributed by atoms with Gasteiger partial charge in [0.05, 0.1) is 18.8 Å². The molecule has 1 aromatic carbocycles. The fourth-order valence-electron chi connectivity index (χ4n) is 2.14. The minimum atomic E-state index is -0.118. The Morgan fingerprint density at radius 2 is 2.05 bits per heavy atom. The predicted octanol–water partition coefficient (Wildman–Crippen LogP) is 2.27. The van der Waals surface area contributed by atoms with Crippen LogP contribution in [0, 0.1) is 0 Å². The number of methoxy groups -OCH3 is 1. The first-order valence-electron chi connectivity index (χ1n) is 6.61.